The second kappa shape index (κ2) is 12.3. The van der Waals surface area contributed by atoms with E-state index in [1.807, 2.05) is 31.2 Å². The molecule has 7 heteroatoms. The van der Waals surface area contributed by atoms with Gasteiger partial charge in [0, 0.05) is 11.8 Å². The summed E-state index contributed by atoms with van der Waals surface area (Å²) in [6, 6.07) is 16.2. The molecular formula is C23H27NO6. The zero-order valence-electron chi connectivity index (χ0n) is 16.9. The maximum atomic E-state index is 12.5. The second-order valence-electron chi connectivity index (χ2n) is 6.76. The van der Waals surface area contributed by atoms with E-state index in [1.165, 1.54) is 0 Å². The summed E-state index contributed by atoms with van der Waals surface area (Å²) in [5, 5.41) is 20.4. The number of carbonyl (C=O) groups excluding carboxylic acids is 1. The van der Waals surface area contributed by atoms with Crippen molar-refractivity contribution in [3.8, 4) is 5.75 Å². The van der Waals surface area contributed by atoms with Crippen molar-refractivity contribution in [3.05, 3.63) is 72.3 Å². The van der Waals surface area contributed by atoms with Gasteiger partial charge in [-0.2, -0.15) is 0 Å². The maximum absolute atomic E-state index is 12.5. The molecule has 0 saturated heterocycles. The summed E-state index contributed by atoms with van der Waals surface area (Å²) < 4.78 is 11.2. The lowest BCUT2D eigenvalue weighted by Crippen LogP contribution is -2.22. The fraction of sp³-hybridized carbons (Fsp3) is 0.304. The van der Waals surface area contributed by atoms with Crippen molar-refractivity contribution < 1.29 is 29.3 Å². The van der Waals surface area contributed by atoms with E-state index in [0.717, 1.165) is 11.6 Å². The molecule has 2 atom stereocenters. The topological polar surface area (TPSA) is 105 Å². The van der Waals surface area contributed by atoms with Gasteiger partial charge >= 0.3 is 12.1 Å². The third-order valence-corrected chi connectivity index (χ3v) is 4.37. The zero-order chi connectivity index (χ0) is 21.8. The Morgan fingerprint density at radius 1 is 1.13 bits per heavy atom. The standard InChI is InChI=1S/C23H27NO6/c1-17(8-5-6-13-21(26)27)22(18-9-7-12-20(16-18)29-15-14-25)30-23(28)24-19-10-3-2-4-11-19/h2-4,6-7,9-13,16-17,22,25H,5,8,14-15H2,1H3,(H,24,28)(H,26,27)/b13-6+/t17-,22+/m1/s1. The first-order valence-electron chi connectivity index (χ1n) is 9.75. The number of anilines is 1. The second-order valence-corrected chi connectivity index (χ2v) is 6.76. The number of carbonyl (C=O) groups is 2. The van der Waals surface area contributed by atoms with Gasteiger partial charge in [0.05, 0.1) is 6.61 Å². The number of aliphatic hydroxyl groups excluding tert-OH is 1. The Morgan fingerprint density at radius 3 is 2.60 bits per heavy atom. The van der Waals surface area contributed by atoms with E-state index in [-0.39, 0.29) is 19.1 Å². The summed E-state index contributed by atoms with van der Waals surface area (Å²) in [4.78, 5) is 23.1. The molecule has 0 radical (unpaired) electrons. The number of carboxylic acid groups (broad SMARTS) is 1. The number of amides is 1. The van der Waals surface area contributed by atoms with Crippen LogP contribution in [0.25, 0.3) is 0 Å². The largest absolute Gasteiger partial charge is 0.491 e. The molecule has 0 aliphatic heterocycles. The molecule has 0 aliphatic carbocycles. The molecule has 2 aromatic carbocycles. The highest BCUT2D eigenvalue weighted by molar-refractivity contribution is 5.84. The number of benzene rings is 2. The average Bonchev–Trinajstić information content (AvgIpc) is 2.74. The lowest BCUT2D eigenvalue weighted by atomic mass is 9.93. The third-order valence-electron chi connectivity index (χ3n) is 4.37. The Kier molecular flexibility index (Phi) is 9.40. The molecule has 0 aromatic heterocycles. The van der Waals surface area contributed by atoms with Crippen LogP contribution in [0.2, 0.25) is 0 Å². The molecule has 2 aromatic rings. The van der Waals surface area contributed by atoms with Gasteiger partial charge in [0.25, 0.3) is 0 Å². The van der Waals surface area contributed by atoms with Gasteiger partial charge in [0.1, 0.15) is 18.5 Å². The van der Waals surface area contributed by atoms with Crippen LogP contribution in [0.3, 0.4) is 0 Å². The van der Waals surface area contributed by atoms with Crippen LogP contribution in [0.4, 0.5) is 10.5 Å². The Morgan fingerprint density at radius 2 is 1.90 bits per heavy atom. The fourth-order valence-electron chi connectivity index (χ4n) is 2.94. The molecule has 0 bridgehead atoms. The van der Waals surface area contributed by atoms with E-state index in [0.29, 0.717) is 24.3 Å². The Balaban J connectivity index is 2.14. The molecule has 0 unspecified atom stereocenters. The first-order valence-corrected chi connectivity index (χ1v) is 9.75. The third kappa shape index (κ3) is 7.97. The van der Waals surface area contributed by atoms with Gasteiger partial charge in [-0.1, -0.05) is 43.3 Å². The maximum Gasteiger partial charge on any atom is 0.412 e. The average molecular weight is 413 g/mol. The van der Waals surface area contributed by atoms with Crippen LogP contribution >= 0.6 is 0 Å². The predicted octanol–water partition coefficient (Wildman–Crippen LogP) is 4.40. The summed E-state index contributed by atoms with van der Waals surface area (Å²) in [5.41, 5.74) is 1.38. The number of hydrogen-bond acceptors (Lipinski definition) is 5. The minimum Gasteiger partial charge on any atom is -0.491 e. The van der Waals surface area contributed by atoms with Crippen LogP contribution in [-0.4, -0.2) is 35.5 Å². The smallest absolute Gasteiger partial charge is 0.412 e. The summed E-state index contributed by atoms with van der Waals surface area (Å²) in [7, 11) is 0. The number of aliphatic hydroxyl groups is 1. The summed E-state index contributed by atoms with van der Waals surface area (Å²) in [6.45, 7) is 2.01. The minimum absolute atomic E-state index is 0.0851. The Hall–Kier alpha value is -3.32. The number of allylic oxidation sites excluding steroid dienone is 1. The lowest BCUT2D eigenvalue weighted by molar-refractivity contribution is -0.131. The monoisotopic (exact) mass is 413 g/mol. The van der Waals surface area contributed by atoms with Gasteiger partial charge in [-0.05, 0) is 48.6 Å². The number of carboxylic acids is 1. The number of hydrogen-bond donors (Lipinski definition) is 3. The number of rotatable bonds is 11. The number of aliphatic carboxylic acids is 1. The van der Waals surface area contributed by atoms with E-state index < -0.39 is 18.2 Å². The van der Waals surface area contributed by atoms with Crippen LogP contribution in [-0.2, 0) is 9.53 Å². The van der Waals surface area contributed by atoms with Gasteiger partial charge in [0.2, 0.25) is 0 Å². The van der Waals surface area contributed by atoms with Crippen LogP contribution < -0.4 is 10.1 Å². The van der Waals surface area contributed by atoms with E-state index in [9.17, 15) is 9.59 Å². The van der Waals surface area contributed by atoms with Gasteiger partial charge in [-0.15, -0.1) is 0 Å². The molecule has 2 rings (SSSR count). The van der Waals surface area contributed by atoms with E-state index in [4.69, 9.17) is 19.7 Å². The molecule has 1 amide bonds. The molecule has 0 heterocycles. The van der Waals surface area contributed by atoms with Crippen molar-refractivity contribution >= 4 is 17.7 Å². The SMILES string of the molecule is C[C@H](CC/C=C/C(=O)O)[C@H](OC(=O)Nc1ccccc1)c1cccc(OCCO)c1. The van der Waals surface area contributed by atoms with E-state index in [1.54, 1.807) is 36.4 Å². The highest BCUT2D eigenvalue weighted by atomic mass is 16.6. The van der Waals surface area contributed by atoms with Crippen LogP contribution in [0.1, 0.15) is 31.4 Å². The first-order chi connectivity index (χ1) is 14.5. The number of para-hydroxylation sites is 1. The molecule has 30 heavy (non-hydrogen) atoms. The molecule has 7 nitrogen and oxygen atoms in total. The van der Waals surface area contributed by atoms with Crippen molar-refractivity contribution in [1.29, 1.82) is 0 Å². The predicted molar refractivity (Wildman–Crippen MR) is 113 cm³/mol. The van der Waals surface area contributed by atoms with Crippen molar-refractivity contribution in [3.63, 3.8) is 0 Å². The Bertz CT molecular complexity index is 837. The van der Waals surface area contributed by atoms with Crippen molar-refractivity contribution in [2.24, 2.45) is 5.92 Å². The number of nitrogens with one attached hydrogen (secondary N) is 1. The van der Waals surface area contributed by atoms with Crippen LogP contribution in [0.15, 0.2) is 66.7 Å². The van der Waals surface area contributed by atoms with Gasteiger partial charge < -0.3 is 19.7 Å². The number of ether oxygens (including phenoxy) is 2. The molecule has 0 fully saturated rings. The summed E-state index contributed by atoms with van der Waals surface area (Å²) in [5.74, 6) is -0.513. The quantitative estimate of drug-likeness (QED) is 0.472. The summed E-state index contributed by atoms with van der Waals surface area (Å²) in [6.07, 6.45) is 2.70. The van der Waals surface area contributed by atoms with Crippen LogP contribution in [0.5, 0.6) is 5.75 Å². The van der Waals surface area contributed by atoms with Crippen LogP contribution in [0, 0.1) is 5.92 Å². The molecule has 160 valence electrons. The molecule has 0 spiro atoms. The molecular weight excluding hydrogens is 386 g/mol. The zero-order valence-corrected chi connectivity index (χ0v) is 16.9. The highest BCUT2D eigenvalue weighted by Crippen LogP contribution is 2.32. The minimum atomic E-state index is -0.994. The van der Waals surface area contributed by atoms with Crippen molar-refractivity contribution in [2.75, 3.05) is 18.5 Å². The fourth-order valence-corrected chi connectivity index (χ4v) is 2.94. The summed E-state index contributed by atoms with van der Waals surface area (Å²) >= 11 is 0. The van der Waals surface area contributed by atoms with Gasteiger partial charge in [-0.25, -0.2) is 9.59 Å². The van der Waals surface area contributed by atoms with Crippen molar-refractivity contribution in [1.82, 2.24) is 0 Å². The van der Waals surface area contributed by atoms with Gasteiger partial charge in [0.15, 0.2) is 0 Å². The molecule has 0 saturated carbocycles. The van der Waals surface area contributed by atoms with Gasteiger partial charge in [-0.3, -0.25) is 5.32 Å². The first kappa shape index (κ1) is 23.0. The highest BCUT2D eigenvalue weighted by Gasteiger charge is 2.24. The van der Waals surface area contributed by atoms with E-state index >= 15 is 0 Å². The lowest BCUT2D eigenvalue weighted by Gasteiger charge is -2.25. The Labute approximate surface area is 176 Å². The molecule has 0 aliphatic rings. The molecule has 3 N–H and O–H groups in total. The normalized spacial score (nSPS) is 12.9. The van der Waals surface area contributed by atoms with Crippen molar-refractivity contribution in [2.45, 2.75) is 25.9 Å². The van der Waals surface area contributed by atoms with E-state index in [2.05, 4.69) is 5.32 Å².